The third kappa shape index (κ3) is 8.01. The first-order chi connectivity index (χ1) is 16.7. The van der Waals surface area contributed by atoms with E-state index < -0.39 is 22.0 Å². The first-order valence-corrected chi connectivity index (χ1v) is 13.1. The maximum atomic E-state index is 13.4. The van der Waals surface area contributed by atoms with Crippen molar-refractivity contribution in [2.45, 2.75) is 32.6 Å². The molecule has 0 saturated carbocycles. The lowest BCUT2D eigenvalue weighted by molar-refractivity contribution is -0.140. The minimum Gasteiger partial charge on any atom is -0.350 e. The van der Waals surface area contributed by atoms with Crippen molar-refractivity contribution in [3.8, 4) is 0 Å². The number of carbonyl (C=O) groups is 2. The summed E-state index contributed by atoms with van der Waals surface area (Å²) in [7, 11) is -3.68. The summed E-state index contributed by atoms with van der Waals surface area (Å²) < 4.78 is 26.1. The SMILES string of the molecule is CC(C(=O)NCc1cccnc1)N(Cc1ccccc1)C(=O)CN(Cc1ccccc1)S(C)(=O)=O. The molecule has 1 N–H and O–H groups in total. The van der Waals surface area contributed by atoms with Gasteiger partial charge >= 0.3 is 0 Å². The topological polar surface area (TPSA) is 99.7 Å². The van der Waals surface area contributed by atoms with Crippen molar-refractivity contribution in [2.24, 2.45) is 0 Å². The van der Waals surface area contributed by atoms with E-state index in [4.69, 9.17) is 0 Å². The van der Waals surface area contributed by atoms with Crippen LogP contribution in [0.5, 0.6) is 0 Å². The second-order valence-corrected chi connectivity index (χ2v) is 10.3. The minimum atomic E-state index is -3.68. The Balaban J connectivity index is 1.78. The Kier molecular flexibility index (Phi) is 9.11. The van der Waals surface area contributed by atoms with Crippen LogP contribution in [0.2, 0.25) is 0 Å². The minimum absolute atomic E-state index is 0.0617. The van der Waals surface area contributed by atoms with Gasteiger partial charge in [-0.2, -0.15) is 4.31 Å². The summed E-state index contributed by atoms with van der Waals surface area (Å²) in [6.45, 7) is 1.77. The van der Waals surface area contributed by atoms with Crippen LogP contribution in [-0.2, 0) is 39.2 Å². The van der Waals surface area contributed by atoms with E-state index in [0.717, 1.165) is 27.3 Å². The van der Waals surface area contributed by atoms with Crippen LogP contribution < -0.4 is 5.32 Å². The van der Waals surface area contributed by atoms with Crippen LogP contribution in [0.15, 0.2) is 85.2 Å². The molecule has 35 heavy (non-hydrogen) atoms. The molecule has 3 aromatic rings. The predicted molar refractivity (Wildman–Crippen MR) is 134 cm³/mol. The molecule has 0 aliphatic carbocycles. The average Bonchev–Trinajstić information content (AvgIpc) is 2.86. The number of hydrogen-bond donors (Lipinski definition) is 1. The summed E-state index contributed by atoms with van der Waals surface area (Å²) >= 11 is 0. The Bertz CT molecular complexity index is 1210. The van der Waals surface area contributed by atoms with Gasteiger partial charge in [0.05, 0.1) is 12.8 Å². The van der Waals surface area contributed by atoms with Crippen LogP contribution in [0.3, 0.4) is 0 Å². The molecular formula is C26H30N4O4S. The third-order valence-electron chi connectivity index (χ3n) is 5.53. The zero-order chi connectivity index (χ0) is 25.3. The Hall–Kier alpha value is -3.56. The number of rotatable bonds is 11. The first kappa shape index (κ1) is 26.1. The lowest BCUT2D eigenvalue weighted by Crippen LogP contribution is -2.50. The molecule has 2 aromatic carbocycles. The molecule has 1 atom stereocenters. The summed E-state index contributed by atoms with van der Waals surface area (Å²) in [5, 5.41) is 2.84. The van der Waals surface area contributed by atoms with Crippen molar-refractivity contribution in [2.75, 3.05) is 12.8 Å². The number of amides is 2. The van der Waals surface area contributed by atoms with Gasteiger partial charge in [-0.05, 0) is 29.7 Å². The number of aromatic nitrogens is 1. The van der Waals surface area contributed by atoms with Crippen molar-refractivity contribution < 1.29 is 18.0 Å². The second-order valence-electron chi connectivity index (χ2n) is 8.28. The largest absolute Gasteiger partial charge is 0.350 e. The lowest BCUT2D eigenvalue weighted by atomic mass is 10.1. The van der Waals surface area contributed by atoms with Gasteiger partial charge in [0, 0.05) is 32.0 Å². The highest BCUT2D eigenvalue weighted by atomic mass is 32.2. The smallest absolute Gasteiger partial charge is 0.242 e. The van der Waals surface area contributed by atoms with Gasteiger partial charge in [0.1, 0.15) is 6.04 Å². The van der Waals surface area contributed by atoms with Crippen LogP contribution in [-0.4, -0.2) is 53.3 Å². The van der Waals surface area contributed by atoms with E-state index >= 15 is 0 Å². The molecular weight excluding hydrogens is 464 g/mol. The molecule has 0 aliphatic heterocycles. The molecule has 0 spiro atoms. The van der Waals surface area contributed by atoms with E-state index in [0.29, 0.717) is 0 Å². The molecule has 3 rings (SSSR count). The van der Waals surface area contributed by atoms with Gasteiger partial charge in [0.2, 0.25) is 21.8 Å². The van der Waals surface area contributed by atoms with Crippen LogP contribution >= 0.6 is 0 Å². The van der Waals surface area contributed by atoms with E-state index in [1.807, 2.05) is 54.6 Å². The normalized spacial score (nSPS) is 12.2. The highest BCUT2D eigenvalue weighted by Crippen LogP contribution is 2.14. The lowest BCUT2D eigenvalue weighted by Gasteiger charge is -2.31. The Morgan fingerprint density at radius 3 is 2.00 bits per heavy atom. The van der Waals surface area contributed by atoms with Gasteiger partial charge in [-0.1, -0.05) is 66.7 Å². The maximum absolute atomic E-state index is 13.4. The fraction of sp³-hybridized carbons (Fsp3) is 0.269. The van der Waals surface area contributed by atoms with E-state index in [1.165, 1.54) is 4.90 Å². The highest BCUT2D eigenvalue weighted by Gasteiger charge is 2.29. The van der Waals surface area contributed by atoms with Gasteiger partial charge in [0.15, 0.2) is 0 Å². The van der Waals surface area contributed by atoms with Gasteiger partial charge in [-0.25, -0.2) is 8.42 Å². The monoisotopic (exact) mass is 494 g/mol. The molecule has 1 unspecified atom stereocenters. The Labute approximate surface area is 206 Å². The molecule has 0 saturated heterocycles. The fourth-order valence-electron chi connectivity index (χ4n) is 3.52. The predicted octanol–water partition coefficient (Wildman–Crippen LogP) is 2.58. The molecule has 1 heterocycles. The summed E-state index contributed by atoms with van der Waals surface area (Å²) in [5.74, 6) is -0.800. The van der Waals surface area contributed by atoms with Crippen molar-refractivity contribution in [3.63, 3.8) is 0 Å². The number of nitrogens with one attached hydrogen (secondary N) is 1. The van der Waals surface area contributed by atoms with Crippen molar-refractivity contribution in [1.82, 2.24) is 19.5 Å². The Morgan fingerprint density at radius 2 is 1.46 bits per heavy atom. The number of benzene rings is 2. The summed E-state index contributed by atoms with van der Waals surface area (Å²) in [5.41, 5.74) is 2.43. The van der Waals surface area contributed by atoms with E-state index in [2.05, 4.69) is 10.3 Å². The van der Waals surface area contributed by atoms with E-state index in [1.54, 1.807) is 37.5 Å². The fourth-order valence-corrected chi connectivity index (χ4v) is 4.25. The number of hydrogen-bond acceptors (Lipinski definition) is 5. The van der Waals surface area contributed by atoms with Gasteiger partial charge in [0.25, 0.3) is 0 Å². The molecule has 0 bridgehead atoms. The average molecular weight is 495 g/mol. The van der Waals surface area contributed by atoms with E-state index in [9.17, 15) is 18.0 Å². The standard InChI is InChI=1S/C26H30N4O4S/c1-21(26(32)28-17-24-14-9-15-27-16-24)30(19-23-12-7-4-8-13-23)25(31)20-29(35(2,33)34)18-22-10-5-3-6-11-22/h3-16,21H,17-20H2,1-2H3,(H,28,32). The van der Waals surface area contributed by atoms with Gasteiger partial charge < -0.3 is 10.2 Å². The van der Waals surface area contributed by atoms with Crippen molar-refractivity contribution in [1.29, 1.82) is 0 Å². The Morgan fingerprint density at radius 1 is 0.886 bits per heavy atom. The molecule has 0 radical (unpaired) electrons. The first-order valence-electron chi connectivity index (χ1n) is 11.2. The number of nitrogens with zero attached hydrogens (tertiary/aromatic N) is 3. The third-order valence-corrected chi connectivity index (χ3v) is 6.73. The highest BCUT2D eigenvalue weighted by molar-refractivity contribution is 7.88. The molecule has 184 valence electrons. The molecule has 2 amide bonds. The van der Waals surface area contributed by atoms with Crippen LogP contribution in [0.4, 0.5) is 0 Å². The number of carbonyl (C=O) groups excluding carboxylic acids is 2. The molecule has 0 aliphatic rings. The van der Waals surface area contributed by atoms with Gasteiger partial charge in [-0.15, -0.1) is 0 Å². The van der Waals surface area contributed by atoms with Crippen molar-refractivity contribution in [3.05, 3.63) is 102 Å². The number of sulfonamides is 1. The second kappa shape index (κ2) is 12.2. The molecule has 9 heteroatoms. The van der Waals surface area contributed by atoms with Crippen molar-refractivity contribution >= 4 is 21.8 Å². The summed E-state index contributed by atoms with van der Waals surface area (Å²) in [6.07, 6.45) is 4.39. The summed E-state index contributed by atoms with van der Waals surface area (Å²) in [6, 6.07) is 21.2. The molecule has 0 fully saturated rings. The zero-order valence-electron chi connectivity index (χ0n) is 19.9. The zero-order valence-corrected chi connectivity index (χ0v) is 20.7. The van der Waals surface area contributed by atoms with Crippen LogP contribution in [0, 0.1) is 0 Å². The van der Waals surface area contributed by atoms with Crippen LogP contribution in [0.1, 0.15) is 23.6 Å². The maximum Gasteiger partial charge on any atom is 0.242 e. The van der Waals surface area contributed by atoms with E-state index in [-0.39, 0.29) is 32.1 Å². The summed E-state index contributed by atoms with van der Waals surface area (Å²) in [4.78, 5) is 31.9. The quantitative estimate of drug-likeness (QED) is 0.442. The molecule has 8 nitrogen and oxygen atoms in total. The van der Waals surface area contributed by atoms with Gasteiger partial charge in [-0.3, -0.25) is 14.6 Å². The molecule has 1 aromatic heterocycles. The number of pyridine rings is 1. The van der Waals surface area contributed by atoms with Crippen LogP contribution in [0.25, 0.3) is 0 Å².